The van der Waals surface area contributed by atoms with E-state index in [1.54, 1.807) is 6.92 Å². The molecule has 0 aliphatic carbocycles. The molecule has 0 aliphatic rings. The van der Waals surface area contributed by atoms with Crippen LogP contribution in [0.1, 0.15) is 6.92 Å². The van der Waals surface area contributed by atoms with E-state index in [1.165, 1.54) is 0 Å². The lowest BCUT2D eigenvalue weighted by molar-refractivity contribution is -0.141. The molecular weight excluding hydrogens is 134 g/mol. The number of nitrogens with zero attached hydrogens (tertiary/aromatic N) is 1. The fraction of sp³-hybridized carbons (Fsp3) is 0.667. The quantitative estimate of drug-likeness (QED) is 0.446. The zero-order valence-corrected chi connectivity index (χ0v) is 6.33. The highest BCUT2D eigenvalue weighted by Crippen LogP contribution is 1.76. The molecule has 0 amide bonds. The number of aliphatic hydroxyl groups excluding tert-OH is 1. The van der Waals surface area contributed by atoms with Gasteiger partial charge < -0.3 is 9.84 Å². The van der Waals surface area contributed by atoms with E-state index in [1.807, 2.05) is 0 Å². The first-order valence-corrected chi connectivity index (χ1v) is 2.84. The van der Waals surface area contributed by atoms with Crippen LogP contribution in [0.4, 0.5) is 0 Å². The van der Waals surface area contributed by atoms with E-state index in [0.29, 0.717) is 6.61 Å². The Morgan fingerprint density at radius 3 is 2.50 bits per heavy atom. The highest BCUT2D eigenvalue weighted by molar-refractivity contribution is 5.72. The number of hydrogen-bond donors (Lipinski definition) is 1. The summed E-state index contributed by atoms with van der Waals surface area (Å²) in [7, 11) is 1.00. The van der Waals surface area contributed by atoms with Crippen molar-refractivity contribution in [2.45, 2.75) is 6.92 Å². The minimum atomic E-state index is -0.317. The van der Waals surface area contributed by atoms with E-state index in [-0.39, 0.29) is 12.5 Å². The molecule has 0 bridgehead atoms. The van der Waals surface area contributed by atoms with Crippen LogP contribution in [0.15, 0.2) is 4.99 Å². The summed E-state index contributed by atoms with van der Waals surface area (Å²) in [5.74, 6) is -0.317. The second-order valence-corrected chi connectivity index (χ2v) is 1.19. The van der Waals surface area contributed by atoms with E-state index in [0.717, 1.165) is 7.11 Å². The van der Waals surface area contributed by atoms with Gasteiger partial charge in [-0.05, 0) is 13.6 Å². The maximum absolute atomic E-state index is 10.3. The van der Waals surface area contributed by atoms with Gasteiger partial charge in [-0.1, -0.05) is 0 Å². The standard InChI is InChI=1S/C5H9NO2.CH4O/c1-3-8-5(7)4-6-2;1-2/h2-4H2,1H3;2H,1H3. The summed E-state index contributed by atoms with van der Waals surface area (Å²) in [5.41, 5.74) is 0. The third kappa shape index (κ3) is 10.2. The largest absolute Gasteiger partial charge is 0.465 e. The van der Waals surface area contributed by atoms with E-state index in [9.17, 15) is 4.79 Å². The number of rotatable bonds is 3. The van der Waals surface area contributed by atoms with Gasteiger partial charge in [-0.2, -0.15) is 0 Å². The number of carbonyl (C=O) groups is 1. The highest BCUT2D eigenvalue weighted by atomic mass is 16.5. The number of aliphatic imine (C=N–C) groups is 1. The second-order valence-electron chi connectivity index (χ2n) is 1.19. The van der Waals surface area contributed by atoms with E-state index in [2.05, 4.69) is 16.4 Å². The van der Waals surface area contributed by atoms with E-state index < -0.39 is 0 Å². The van der Waals surface area contributed by atoms with E-state index >= 15 is 0 Å². The Morgan fingerprint density at radius 1 is 1.70 bits per heavy atom. The van der Waals surface area contributed by atoms with Crippen molar-refractivity contribution in [3.63, 3.8) is 0 Å². The van der Waals surface area contributed by atoms with Crippen LogP contribution in [0, 0.1) is 0 Å². The van der Waals surface area contributed by atoms with Gasteiger partial charge in [0.25, 0.3) is 0 Å². The normalized spacial score (nSPS) is 7.10. The van der Waals surface area contributed by atoms with Gasteiger partial charge in [0.1, 0.15) is 6.54 Å². The SMILES string of the molecule is C=NCC(=O)OCC.CO. The Hall–Kier alpha value is -0.900. The maximum Gasteiger partial charge on any atom is 0.327 e. The fourth-order valence-corrected chi connectivity index (χ4v) is 0.298. The molecule has 60 valence electrons. The predicted molar refractivity (Wildman–Crippen MR) is 39.2 cm³/mol. The Balaban J connectivity index is 0. The van der Waals surface area contributed by atoms with Gasteiger partial charge in [0.2, 0.25) is 0 Å². The van der Waals surface area contributed by atoms with Crippen LogP contribution in [0.2, 0.25) is 0 Å². The van der Waals surface area contributed by atoms with Crippen molar-refractivity contribution >= 4 is 12.7 Å². The molecule has 0 spiro atoms. The minimum absolute atomic E-state index is 0.0633. The molecule has 0 aromatic heterocycles. The van der Waals surface area contributed by atoms with Crippen molar-refractivity contribution in [2.75, 3.05) is 20.3 Å². The lowest BCUT2D eigenvalue weighted by Crippen LogP contribution is -2.06. The summed E-state index contributed by atoms with van der Waals surface area (Å²) in [6.45, 7) is 5.36. The van der Waals surface area contributed by atoms with Crippen LogP contribution in [-0.4, -0.2) is 38.1 Å². The molecule has 0 saturated carbocycles. The number of hydrogen-bond acceptors (Lipinski definition) is 4. The maximum atomic E-state index is 10.3. The number of ether oxygens (including phenoxy) is 1. The third-order valence-corrected chi connectivity index (χ3v) is 0.546. The Bertz CT molecular complexity index is 93.0. The zero-order valence-electron chi connectivity index (χ0n) is 6.33. The number of carbonyl (C=O) groups excluding carboxylic acids is 1. The van der Waals surface area contributed by atoms with Gasteiger partial charge in [-0.15, -0.1) is 0 Å². The first-order valence-electron chi connectivity index (χ1n) is 2.84. The molecule has 0 aromatic rings. The van der Waals surface area contributed by atoms with Crippen LogP contribution >= 0.6 is 0 Å². The molecule has 0 unspecified atom stereocenters. The second kappa shape index (κ2) is 11.0. The molecule has 4 nitrogen and oxygen atoms in total. The van der Waals surface area contributed by atoms with Crippen molar-refractivity contribution in [3.8, 4) is 0 Å². The van der Waals surface area contributed by atoms with Gasteiger partial charge in [0.05, 0.1) is 6.61 Å². The molecule has 0 aromatic carbocycles. The van der Waals surface area contributed by atoms with Crippen molar-refractivity contribution in [1.82, 2.24) is 0 Å². The smallest absolute Gasteiger partial charge is 0.327 e. The Labute approximate surface area is 60.5 Å². The molecule has 0 aliphatic heterocycles. The average Bonchev–Trinajstić information content (AvgIpc) is 1.93. The van der Waals surface area contributed by atoms with Crippen molar-refractivity contribution in [2.24, 2.45) is 4.99 Å². The highest BCUT2D eigenvalue weighted by Gasteiger charge is 1.94. The molecule has 10 heavy (non-hydrogen) atoms. The molecule has 4 heteroatoms. The summed E-state index contributed by atoms with van der Waals surface area (Å²) in [6.07, 6.45) is 0. The summed E-state index contributed by atoms with van der Waals surface area (Å²) in [4.78, 5) is 13.6. The summed E-state index contributed by atoms with van der Waals surface area (Å²) < 4.78 is 4.51. The third-order valence-electron chi connectivity index (χ3n) is 0.546. The molecule has 0 fully saturated rings. The van der Waals surface area contributed by atoms with E-state index in [4.69, 9.17) is 5.11 Å². The topological polar surface area (TPSA) is 58.9 Å². The molecule has 1 N–H and O–H groups in total. The Kier molecular flexibility index (Phi) is 13.0. The molecule has 0 radical (unpaired) electrons. The minimum Gasteiger partial charge on any atom is -0.465 e. The van der Waals surface area contributed by atoms with Crippen LogP contribution in [0.25, 0.3) is 0 Å². The van der Waals surface area contributed by atoms with Crippen molar-refractivity contribution < 1.29 is 14.6 Å². The van der Waals surface area contributed by atoms with Gasteiger partial charge >= 0.3 is 5.97 Å². The lowest BCUT2D eigenvalue weighted by atomic mass is 10.7. The number of aliphatic hydroxyl groups is 1. The average molecular weight is 147 g/mol. The monoisotopic (exact) mass is 147 g/mol. The van der Waals surface area contributed by atoms with Crippen LogP contribution < -0.4 is 0 Å². The number of esters is 1. The molecule has 0 atom stereocenters. The summed E-state index contributed by atoms with van der Waals surface area (Å²) >= 11 is 0. The van der Waals surface area contributed by atoms with Crippen molar-refractivity contribution in [1.29, 1.82) is 0 Å². The molecule has 0 heterocycles. The first-order chi connectivity index (χ1) is 4.81. The summed E-state index contributed by atoms with van der Waals surface area (Å²) in [5, 5.41) is 7.00. The molecule has 0 rings (SSSR count). The van der Waals surface area contributed by atoms with Gasteiger partial charge in [0.15, 0.2) is 0 Å². The fourth-order valence-electron chi connectivity index (χ4n) is 0.298. The lowest BCUT2D eigenvalue weighted by Gasteiger charge is -1.94. The van der Waals surface area contributed by atoms with Crippen LogP contribution in [0.3, 0.4) is 0 Å². The van der Waals surface area contributed by atoms with Gasteiger partial charge in [0, 0.05) is 7.11 Å². The van der Waals surface area contributed by atoms with Gasteiger partial charge in [-0.25, -0.2) is 0 Å². The van der Waals surface area contributed by atoms with Crippen LogP contribution in [0.5, 0.6) is 0 Å². The van der Waals surface area contributed by atoms with Gasteiger partial charge in [-0.3, -0.25) is 9.79 Å². The first kappa shape index (κ1) is 11.8. The molecular formula is C6H13NO3. The molecule has 0 saturated heterocycles. The van der Waals surface area contributed by atoms with Crippen LogP contribution in [-0.2, 0) is 9.53 Å². The van der Waals surface area contributed by atoms with Crippen molar-refractivity contribution in [3.05, 3.63) is 0 Å². The predicted octanol–water partition coefficient (Wildman–Crippen LogP) is -0.141. The Morgan fingerprint density at radius 2 is 2.20 bits per heavy atom. The zero-order chi connectivity index (χ0) is 8.41. The summed E-state index contributed by atoms with van der Waals surface area (Å²) in [6, 6.07) is 0.